The van der Waals surface area contributed by atoms with Crippen molar-refractivity contribution in [1.29, 1.82) is 0 Å². The number of hydrogen-bond donors (Lipinski definition) is 2. The van der Waals surface area contributed by atoms with E-state index in [-0.39, 0.29) is 17.8 Å². The molecule has 29 heavy (non-hydrogen) atoms. The molecule has 150 valence electrons. The fraction of sp³-hybridized carbons (Fsp3) is 0.211. The van der Waals surface area contributed by atoms with Gasteiger partial charge in [0.05, 0.1) is 22.4 Å². The molecule has 1 saturated heterocycles. The van der Waals surface area contributed by atoms with Crippen LogP contribution >= 0.6 is 11.8 Å². The number of aromatic hydroxyl groups is 1. The SMILES string of the molecule is Cc1ccc(C)c(N2C(=O)SC(CC(=O)Nc3ccc([N+](=O)[O-])cc3O)C2=O)c1. The smallest absolute Gasteiger partial charge is 0.293 e. The molecular formula is C19H17N3O6S. The first-order chi connectivity index (χ1) is 13.7. The lowest BCUT2D eigenvalue weighted by molar-refractivity contribution is -0.384. The molecule has 1 heterocycles. The second-order valence-corrected chi connectivity index (χ2v) is 7.70. The zero-order valence-corrected chi connectivity index (χ0v) is 16.4. The van der Waals surface area contributed by atoms with Gasteiger partial charge in [0, 0.05) is 12.5 Å². The lowest BCUT2D eigenvalue weighted by atomic mass is 10.1. The number of nitro benzene ring substituents is 1. The largest absolute Gasteiger partial charge is 0.506 e. The van der Waals surface area contributed by atoms with Crippen LogP contribution in [0.2, 0.25) is 0 Å². The number of phenolic OH excluding ortho intramolecular Hbond substituents is 1. The molecule has 2 aromatic rings. The monoisotopic (exact) mass is 415 g/mol. The van der Waals surface area contributed by atoms with Gasteiger partial charge in [-0.1, -0.05) is 12.1 Å². The molecule has 0 bridgehead atoms. The molecule has 0 aromatic heterocycles. The molecule has 1 unspecified atom stereocenters. The molecule has 0 aliphatic carbocycles. The lowest BCUT2D eigenvalue weighted by Gasteiger charge is -2.17. The van der Waals surface area contributed by atoms with Crippen molar-refractivity contribution in [2.45, 2.75) is 25.5 Å². The van der Waals surface area contributed by atoms with Crippen LogP contribution < -0.4 is 10.2 Å². The predicted molar refractivity (Wildman–Crippen MR) is 108 cm³/mol. The number of hydrogen-bond acceptors (Lipinski definition) is 7. The number of thioether (sulfide) groups is 1. The van der Waals surface area contributed by atoms with Gasteiger partial charge in [-0.25, -0.2) is 4.90 Å². The molecule has 1 aliphatic rings. The summed E-state index contributed by atoms with van der Waals surface area (Å²) in [6, 6.07) is 8.67. The molecule has 0 spiro atoms. The Morgan fingerprint density at radius 1 is 1.24 bits per heavy atom. The molecule has 10 heteroatoms. The van der Waals surface area contributed by atoms with Crippen molar-refractivity contribution in [2.24, 2.45) is 0 Å². The fourth-order valence-electron chi connectivity index (χ4n) is 2.87. The third-order valence-electron chi connectivity index (χ3n) is 4.36. The number of nitro groups is 1. The number of aryl methyl sites for hydroxylation is 2. The summed E-state index contributed by atoms with van der Waals surface area (Å²) in [7, 11) is 0. The number of nitrogens with zero attached hydrogens (tertiary/aromatic N) is 2. The molecule has 2 aromatic carbocycles. The normalized spacial score (nSPS) is 16.2. The molecule has 0 saturated carbocycles. The van der Waals surface area contributed by atoms with Crippen LogP contribution in [0.1, 0.15) is 17.5 Å². The van der Waals surface area contributed by atoms with Gasteiger partial charge in [0.25, 0.3) is 10.9 Å². The van der Waals surface area contributed by atoms with Gasteiger partial charge in [0.1, 0.15) is 11.0 Å². The van der Waals surface area contributed by atoms with Gasteiger partial charge < -0.3 is 10.4 Å². The van der Waals surface area contributed by atoms with Crippen LogP contribution in [-0.2, 0) is 9.59 Å². The van der Waals surface area contributed by atoms with E-state index in [1.165, 1.54) is 6.07 Å². The molecule has 9 nitrogen and oxygen atoms in total. The van der Waals surface area contributed by atoms with E-state index in [9.17, 15) is 29.6 Å². The highest BCUT2D eigenvalue weighted by Crippen LogP contribution is 2.36. The average molecular weight is 415 g/mol. The standard InChI is InChI=1S/C19H17N3O6S/c1-10-3-4-11(2)14(7-10)21-18(25)16(29-19(21)26)9-17(24)20-13-6-5-12(22(27)28)8-15(13)23/h3-8,16,23H,9H2,1-2H3,(H,20,24). The third kappa shape index (κ3) is 4.21. The number of phenols is 1. The molecule has 3 rings (SSSR count). The van der Waals surface area contributed by atoms with Crippen LogP contribution in [0.25, 0.3) is 0 Å². The van der Waals surface area contributed by atoms with E-state index in [1.54, 1.807) is 13.0 Å². The Morgan fingerprint density at radius 2 is 1.97 bits per heavy atom. The van der Waals surface area contributed by atoms with E-state index < -0.39 is 33.0 Å². The summed E-state index contributed by atoms with van der Waals surface area (Å²) in [5, 5.41) is 21.6. The summed E-state index contributed by atoms with van der Waals surface area (Å²) in [5.41, 5.74) is 1.80. The highest BCUT2D eigenvalue weighted by molar-refractivity contribution is 8.15. The van der Waals surface area contributed by atoms with Gasteiger partial charge >= 0.3 is 0 Å². The topological polar surface area (TPSA) is 130 Å². The Balaban J connectivity index is 1.72. The summed E-state index contributed by atoms with van der Waals surface area (Å²) in [5.74, 6) is -1.56. The average Bonchev–Trinajstić information content (AvgIpc) is 2.92. The Hall–Kier alpha value is -3.40. The summed E-state index contributed by atoms with van der Waals surface area (Å²) >= 11 is 0.765. The fourth-order valence-corrected chi connectivity index (χ4v) is 3.85. The molecule has 2 N–H and O–H groups in total. The Labute approximate surface area is 169 Å². The quantitative estimate of drug-likeness (QED) is 0.434. The number of imide groups is 1. The molecule has 3 amide bonds. The van der Waals surface area contributed by atoms with Gasteiger partial charge in [-0.05, 0) is 48.9 Å². The minimum atomic E-state index is -0.900. The van der Waals surface area contributed by atoms with Crippen LogP contribution in [0.3, 0.4) is 0 Å². The number of amides is 3. The number of carbonyl (C=O) groups is 3. The zero-order chi connectivity index (χ0) is 21.3. The summed E-state index contributed by atoms with van der Waals surface area (Å²) in [6.07, 6.45) is -0.285. The van der Waals surface area contributed by atoms with E-state index in [1.807, 2.05) is 19.1 Å². The first kappa shape index (κ1) is 20.3. The molecule has 1 fully saturated rings. The van der Waals surface area contributed by atoms with Gasteiger partial charge in [0.15, 0.2) is 0 Å². The van der Waals surface area contributed by atoms with Crippen molar-refractivity contribution >= 4 is 45.9 Å². The molecule has 1 atom stereocenters. The zero-order valence-electron chi connectivity index (χ0n) is 15.5. The number of nitrogens with one attached hydrogen (secondary N) is 1. The summed E-state index contributed by atoms with van der Waals surface area (Å²) in [4.78, 5) is 48.5. The van der Waals surface area contributed by atoms with Crippen molar-refractivity contribution < 1.29 is 24.4 Å². The summed E-state index contributed by atoms with van der Waals surface area (Å²) in [6.45, 7) is 3.64. The molecular weight excluding hydrogens is 398 g/mol. The van der Waals surface area contributed by atoms with Crippen LogP contribution in [0.15, 0.2) is 36.4 Å². The molecule has 1 aliphatic heterocycles. The van der Waals surface area contributed by atoms with Gasteiger partial charge in [-0.15, -0.1) is 0 Å². The Bertz CT molecular complexity index is 1040. The first-order valence-corrected chi connectivity index (χ1v) is 9.44. The number of non-ortho nitro benzene ring substituents is 1. The van der Waals surface area contributed by atoms with Crippen molar-refractivity contribution in [3.8, 4) is 5.75 Å². The maximum Gasteiger partial charge on any atom is 0.293 e. The minimum absolute atomic E-state index is 0.0197. The Kier molecular flexibility index (Phi) is 5.55. The summed E-state index contributed by atoms with van der Waals surface area (Å²) < 4.78 is 0. The van der Waals surface area contributed by atoms with Gasteiger partial charge in [0.2, 0.25) is 11.8 Å². The highest BCUT2D eigenvalue weighted by atomic mass is 32.2. The lowest BCUT2D eigenvalue weighted by Crippen LogP contribution is -2.33. The molecule has 0 radical (unpaired) electrons. The van der Waals surface area contributed by atoms with Crippen molar-refractivity contribution in [2.75, 3.05) is 10.2 Å². The van der Waals surface area contributed by atoms with Gasteiger partial charge in [-0.3, -0.25) is 24.5 Å². The van der Waals surface area contributed by atoms with E-state index in [4.69, 9.17) is 0 Å². The predicted octanol–water partition coefficient (Wildman–Crippen LogP) is 3.51. The third-order valence-corrected chi connectivity index (χ3v) is 5.40. The van der Waals surface area contributed by atoms with E-state index >= 15 is 0 Å². The number of benzene rings is 2. The van der Waals surface area contributed by atoms with Crippen LogP contribution in [-0.4, -0.2) is 32.3 Å². The van der Waals surface area contributed by atoms with E-state index in [0.717, 1.165) is 39.9 Å². The van der Waals surface area contributed by atoms with Gasteiger partial charge in [-0.2, -0.15) is 0 Å². The maximum atomic E-state index is 12.7. The first-order valence-electron chi connectivity index (χ1n) is 8.56. The number of anilines is 2. The minimum Gasteiger partial charge on any atom is -0.506 e. The van der Waals surface area contributed by atoms with Crippen LogP contribution in [0, 0.1) is 24.0 Å². The van der Waals surface area contributed by atoms with Crippen molar-refractivity contribution in [3.63, 3.8) is 0 Å². The van der Waals surface area contributed by atoms with E-state index in [0.29, 0.717) is 5.69 Å². The Morgan fingerprint density at radius 3 is 2.62 bits per heavy atom. The van der Waals surface area contributed by atoms with E-state index in [2.05, 4.69) is 5.32 Å². The highest BCUT2D eigenvalue weighted by Gasteiger charge is 2.42. The second-order valence-electron chi connectivity index (χ2n) is 6.55. The van der Waals surface area contributed by atoms with Crippen molar-refractivity contribution in [1.82, 2.24) is 0 Å². The van der Waals surface area contributed by atoms with Crippen LogP contribution in [0.5, 0.6) is 5.75 Å². The van der Waals surface area contributed by atoms with Crippen molar-refractivity contribution in [3.05, 3.63) is 57.6 Å². The number of carbonyl (C=O) groups excluding carboxylic acids is 3. The second kappa shape index (κ2) is 7.92. The van der Waals surface area contributed by atoms with Crippen LogP contribution in [0.4, 0.5) is 21.9 Å². The maximum absolute atomic E-state index is 12.7. The number of rotatable bonds is 5.